The molecule has 4 rings (SSSR count). The van der Waals surface area contributed by atoms with Crippen LogP contribution in [0.25, 0.3) is 16.9 Å². The monoisotopic (exact) mass is 439 g/mol. The van der Waals surface area contributed by atoms with Crippen molar-refractivity contribution >= 4 is 21.4 Å². The Labute approximate surface area is 181 Å². The Morgan fingerprint density at radius 2 is 1.87 bits per heavy atom. The van der Waals surface area contributed by atoms with Crippen LogP contribution in [-0.4, -0.2) is 34.5 Å². The predicted molar refractivity (Wildman–Crippen MR) is 120 cm³/mol. The third-order valence-corrected chi connectivity index (χ3v) is 6.27. The van der Waals surface area contributed by atoms with E-state index in [1.807, 2.05) is 55.8 Å². The lowest BCUT2D eigenvalue weighted by atomic mass is 10.1. The molecule has 0 aliphatic carbocycles. The lowest BCUT2D eigenvalue weighted by Gasteiger charge is -2.12. The van der Waals surface area contributed by atoms with Gasteiger partial charge >= 0.3 is 0 Å². The van der Waals surface area contributed by atoms with E-state index in [1.165, 1.54) is 13.3 Å². The summed E-state index contributed by atoms with van der Waals surface area (Å²) in [4.78, 5) is 8.96. The van der Waals surface area contributed by atoms with E-state index < -0.39 is 10.0 Å². The van der Waals surface area contributed by atoms with E-state index in [1.54, 1.807) is 23.7 Å². The molecule has 1 N–H and O–H groups in total. The van der Waals surface area contributed by atoms with E-state index in [4.69, 9.17) is 4.74 Å². The zero-order valence-corrected chi connectivity index (χ0v) is 18.9. The predicted octanol–water partition coefficient (Wildman–Crippen LogP) is 3.98. The highest BCUT2D eigenvalue weighted by Gasteiger charge is 2.22. The lowest BCUT2D eigenvalue weighted by Crippen LogP contribution is -2.14. The van der Waals surface area contributed by atoms with Gasteiger partial charge in [0.2, 0.25) is 0 Å². The number of aromatic nitrogens is 4. The van der Waals surface area contributed by atoms with E-state index in [2.05, 4.69) is 14.7 Å². The van der Waals surface area contributed by atoms with Crippen LogP contribution in [0.1, 0.15) is 31.2 Å². The topological polar surface area (TPSA) is 90.5 Å². The van der Waals surface area contributed by atoms with Gasteiger partial charge in [-0.25, -0.2) is 9.97 Å². The number of nitrogens with one attached hydrogen (secondary N) is 1. The molecule has 3 aromatic heterocycles. The summed E-state index contributed by atoms with van der Waals surface area (Å²) in [7, 11) is -0.614. The number of aryl methyl sites for hydroxylation is 2. The normalized spacial score (nSPS) is 11.9. The molecule has 0 radical (unpaired) electrons. The smallest absolute Gasteiger partial charge is 0.281 e. The molecular formula is C22H25N5O3S. The van der Waals surface area contributed by atoms with Gasteiger partial charge in [-0.05, 0) is 42.8 Å². The average Bonchev–Trinajstić information content (AvgIpc) is 3.31. The first-order valence-corrected chi connectivity index (χ1v) is 11.4. The third-order valence-electron chi connectivity index (χ3n) is 5.04. The average molecular weight is 440 g/mol. The molecule has 8 nitrogen and oxygen atoms in total. The van der Waals surface area contributed by atoms with Crippen molar-refractivity contribution in [2.45, 2.75) is 31.7 Å². The molecule has 0 saturated heterocycles. The Morgan fingerprint density at radius 1 is 1.10 bits per heavy atom. The van der Waals surface area contributed by atoms with Crippen LogP contribution in [0.2, 0.25) is 0 Å². The van der Waals surface area contributed by atoms with E-state index in [0.717, 1.165) is 22.5 Å². The van der Waals surface area contributed by atoms with Gasteiger partial charge in [-0.3, -0.25) is 4.72 Å². The molecule has 1 aromatic carbocycles. The molecule has 0 bridgehead atoms. The van der Waals surface area contributed by atoms with E-state index in [9.17, 15) is 8.42 Å². The van der Waals surface area contributed by atoms with E-state index in [-0.39, 0.29) is 10.9 Å². The van der Waals surface area contributed by atoms with E-state index in [0.29, 0.717) is 17.3 Å². The first-order valence-electron chi connectivity index (χ1n) is 9.88. The maximum atomic E-state index is 13.0. The van der Waals surface area contributed by atoms with Crippen LogP contribution in [-0.2, 0) is 17.1 Å². The van der Waals surface area contributed by atoms with Gasteiger partial charge in [0.05, 0.1) is 18.5 Å². The molecule has 0 amide bonds. The molecule has 4 aromatic rings. The molecule has 3 heterocycles. The number of hydrogen-bond donors (Lipinski definition) is 1. The summed E-state index contributed by atoms with van der Waals surface area (Å²) < 4.78 is 37.7. The van der Waals surface area contributed by atoms with Crippen LogP contribution in [0, 0.1) is 6.92 Å². The summed E-state index contributed by atoms with van der Waals surface area (Å²) in [5.41, 5.74) is 3.76. The van der Waals surface area contributed by atoms with Crippen LogP contribution < -0.4 is 9.46 Å². The van der Waals surface area contributed by atoms with Crippen molar-refractivity contribution in [2.75, 3.05) is 11.8 Å². The second-order valence-electron chi connectivity index (χ2n) is 7.82. The SMILES string of the molecule is COc1ccc(-c2cn3ccc(C)cc3n2)cc1NS(=O)(=O)c1cn(C)c(C(C)C)n1. The highest BCUT2D eigenvalue weighted by molar-refractivity contribution is 7.92. The molecule has 0 fully saturated rings. The Balaban J connectivity index is 1.73. The van der Waals surface area contributed by atoms with Crippen molar-refractivity contribution in [3.63, 3.8) is 0 Å². The molecule has 0 unspecified atom stereocenters. The number of fused-ring (bicyclic) bond motifs is 1. The van der Waals surface area contributed by atoms with Crippen molar-refractivity contribution < 1.29 is 13.2 Å². The van der Waals surface area contributed by atoms with Crippen LogP contribution >= 0.6 is 0 Å². The molecule has 0 aliphatic heterocycles. The summed E-state index contributed by atoms with van der Waals surface area (Å²) in [5, 5.41) is -0.0330. The van der Waals surface area contributed by atoms with Crippen LogP contribution in [0.3, 0.4) is 0 Å². The summed E-state index contributed by atoms with van der Waals surface area (Å²) in [6.07, 6.45) is 5.36. The molecule has 0 atom stereocenters. The third kappa shape index (κ3) is 4.00. The van der Waals surface area contributed by atoms with Crippen molar-refractivity contribution in [2.24, 2.45) is 7.05 Å². The molecule has 9 heteroatoms. The fourth-order valence-corrected chi connectivity index (χ4v) is 4.55. The number of nitrogens with zero attached hydrogens (tertiary/aromatic N) is 4. The number of imidazole rings is 2. The van der Waals surface area contributed by atoms with E-state index >= 15 is 0 Å². The van der Waals surface area contributed by atoms with Gasteiger partial charge in [-0.15, -0.1) is 0 Å². The highest BCUT2D eigenvalue weighted by atomic mass is 32.2. The second kappa shape index (κ2) is 7.73. The molecule has 162 valence electrons. The molecule has 0 spiro atoms. The quantitative estimate of drug-likeness (QED) is 0.491. The first-order chi connectivity index (χ1) is 14.7. The molecular weight excluding hydrogens is 414 g/mol. The minimum atomic E-state index is -3.90. The molecule has 0 aliphatic rings. The number of benzene rings is 1. The van der Waals surface area contributed by atoms with Gasteiger partial charge in [0, 0.05) is 37.1 Å². The van der Waals surface area contributed by atoms with Crippen molar-refractivity contribution in [3.05, 3.63) is 60.3 Å². The minimum absolute atomic E-state index is 0.0330. The van der Waals surface area contributed by atoms with Gasteiger partial charge in [-0.1, -0.05) is 13.8 Å². The standard InChI is InChI=1S/C22H25N5O3S/c1-14(2)22-24-21(13-26(22)4)31(28,29)25-17-11-16(6-7-19(17)30-5)18-12-27-9-8-15(3)10-20(27)23-18/h6-14,25H,1-5H3. The van der Waals surface area contributed by atoms with Crippen LogP contribution in [0.5, 0.6) is 5.75 Å². The maximum absolute atomic E-state index is 13.0. The Bertz CT molecular complexity index is 1370. The Morgan fingerprint density at radius 3 is 2.55 bits per heavy atom. The zero-order valence-electron chi connectivity index (χ0n) is 18.1. The number of rotatable bonds is 6. The number of ether oxygens (including phenoxy) is 1. The molecule has 31 heavy (non-hydrogen) atoms. The number of sulfonamides is 1. The summed E-state index contributed by atoms with van der Waals surface area (Å²) in [5.74, 6) is 1.21. The molecule has 0 saturated carbocycles. The van der Waals surface area contributed by atoms with Gasteiger partial charge in [0.1, 0.15) is 17.2 Å². The Kier molecular flexibility index (Phi) is 5.22. The fraction of sp³-hybridized carbons (Fsp3) is 0.273. The fourth-order valence-electron chi connectivity index (χ4n) is 3.49. The largest absolute Gasteiger partial charge is 0.495 e. The van der Waals surface area contributed by atoms with Gasteiger partial charge < -0.3 is 13.7 Å². The number of hydrogen-bond acceptors (Lipinski definition) is 5. The van der Waals surface area contributed by atoms with Gasteiger partial charge in [0.25, 0.3) is 10.0 Å². The number of anilines is 1. The lowest BCUT2D eigenvalue weighted by molar-refractivity contribution is 0.417. The van der Waals surface area contributed by atoms with Crippen molar-refractivity contribution in [3.8, 4) is 17.0 Å². The summed E-state index contributed by atoms with van der Waals surface area (Å²) in [6, 6.07) is 9.29. The number of pyridine rings is 1. The number of methoxy groups -OCH3 is 1. The van der Waals surface area contributed by atoms with Crippen LogP contribution in [0.4, 0.5) is 5.69 Å². The van der Waals surface area contributed by atoms with Crippen LogP contribution in [0.15, 0.2) is 53.9 Å². The summed E-state index contributed by atoms with van der Waals surface area (Å²) >= 11 is 0. The minimum Gasteiger partial charge on any atom is -0.495 e. The summed E-state index contributed by atoms with van der Waals surface area (Å²) in [6.45, 7) is 5.95. The van der Waals surface area contributed by atoms with Gasteiger partial charge in [-0.2, -0.15) is 8.42 Å². The second-order valence-corrected chi connectivity index (χ2v) is 9.45. The highest BCUT2D eigenvalue weighted by Crippen LogP contribution is 2.32. The Hall–Kier alpha value is -3.33. The van der Waals surface area contributed by atoms with Gasteiger partial charge in [0.15, 0.2) is 5.03 Å². The zero-order chi connectivity index (χ0) is 22.3. The van der Waals surface area contributed by atoms with Crippen molar-refractivity contribution in [1.82, 2.24) is 18.9 Å². The maximum Gasteiger partial charge on any atom is 0.281 e. The first kappa shape index (κ1) is 20.9. The van der Waals surface area contributed by atoms with Crippen molar-refractivity contribution in [1.29, 1.82) is 0 Å².